The van der Waals surface area contributed by atoms with Crippen LogP contribution in [0.15, 0.2) is 36.5 Å². The second-order valence-electron chi connectivity index (χ2n) is 4.25. The summed E-state index contributed by atoms with van der Waals surface area (Å²) < 4.78 is 5.34. The molecule has 1 aromatic heterocycles. The van der Waals surface area contributed by atoms with Crippen molar-refractivity contribution in [3.63, 3.8) is 0 Å². The zero-order valence-electron chi connectivity index (χ0n) is 9.52. The second-order valence-corrected chi connectivity index (χ2v) is 4.25. The fourth-order valence-corrected chi connectivity index (χ4v) is 2.05. The van der Waals surface area contributed by atoms with Crippen molar-refractivity contribution >= 4 is 5.69 Å². The van der Waals surface area contributed by atoms with E-state index in [1.54, 1.807) is 6.20 Å². The zero-order valence-corrected chi connectivity index (χ0v) is 9.52. The first-order chi connectivity index (χ1) is 8.42. The van der Waals surface area contributed by atoms with Crippen LogP contribution in [-0.4, -0.2) is 29.5 Å². The number of hydrogen-bond acceptors (Lipinski definition) is 3. The van der Waals surface area contributed by atoms with Gasteiger partial charge in [0.05, 0.1) is 18.3 Å². The molecule has 2 heterocycles. The Hall–Kier alpha value is -1.81. The first-order valence-electron chi connectivity index (χ1n) is 5.86. The van der Waals surface area contributed by atoms with Crippen molar-refractivity contribution in [1.29, 1.82) is 0 Å². The molecule has 0 saturated carbocycles. The van der Waals surface area contributed by atoms with Crippen molar-refractivity contribution < 1.29 is 4.74 Å². The van der Waals surface area contributed by atoms with Crippen LogP contribution in [0.4, 0.5) is 5.69 Å². The Bertz CT molecular complexity index is 458. The lowest BCUT2D eigenvalue weighted by Crippen LogP contribution is -2.18. The lowest BCUT2D eigenvalue weighted by molar-refractivity contribution is 0.195. The van der Waals surface area contributed by atoms with E-state index in [0.29, 0.717) is 6.04 Å². The number of nitrogens with one attached hydrogen (secondary N) is 2. The molecule has 2 N–H and O–H groups in total. The molecule has 3 rings (SSSR count). The van der Waals surface area contributed by atoms with Gasteiger partial charge >= 0.3 is 0 Å². The van der Waals surface area contributed by atoms with Gasteiger partial charge in [-0.15, -0.1) is 0 Å². The number of aromatic nitrogens is 2. The molecule has 1 fully saturated rings. The molecule has 1 aromatic carbocycles. The molecule has 4 nitrogen and oxygen atoms in total. The minimum Gasteiger partial charge on any atom is -0.380 e. The summed E-state index contributed by atoms with van der Waals surface area (Å²) in [7, 11) is 0. The first kappa shape index (κ1) is 10.4. The number of benzene rings is 1. The maximum Gasteiger partial charge on any atom is 0.0668 e. The van der Waals surface area contributed by atoms with Crippen molar-refractivity contribution in [1.82, 2.24) is 10.2 Å². The van der Waals surface area contributed by atoms with Gasteiger partial charge in [-0.25, -0.2) is 0 Å². The van der Waals surface area contributed by atoms with Crippen molar-refractivity contribution in [3.8, 4) is 11.3 Å². The van der Waals surface area contributed by atoms with Gasteiger partial charge in [0.25, 0.3) is 0 Å². The average molecular weight is 229 g/mol. The molecular weight excluding hydrogens is 214 g/mol. The summed E-state index contributed by atoms with van der Waals surface area (Å²) in [5.41, 5.74) is 3.33. The van der Waals surface area contributed by atoms with Crippen LogP contribution in [0.5, 0.6) is 0 Å². The van der Waals surface area contributed by atoms with Gasteiger partial charge in [-0.3, -0.25) is 5.10 Å². The highest BCUT2D eigenvalue weighted by molar-refractivity contribution is 5.62. The summed E-state index contributed by atoms with van der Waals surface area (Å²) in [4.78, 5) is 0. The topological polar surface area (TPSA) is 49.9 Å². The van der Waals surface area contributed by atoms with E-state index in [2.05, 4.69) is 39.8 Å². The number of H-pyrrole nitrogens is 1. The van der Waals surface area contributed by atoms with Gasteiger partial charge in [0.1, 0.15) is 0 Å². The third kappa shape index (κ3) is 2.31. The van der Waals surface area contributed by atoms with Crippen LogP contribution in [0.2, 0.25) is 0 Å². The average Bonchev–Trinajstić information content (AvgIpc) is 3.01. The Morgan fingerprint density at radius 1 is 1.24 bits per heavy atom. The Kier molecular flexibility index (Phi) is 2.80. The molecule has 4 heteroatoms. The van der Waals surface area contributed by atoms with Gasteiger partial charge in [0, 0.05) is 18.5 Å². The number of nitrogens with zero attached hydrogens (tertiary/aromatic N) is 1. The smallest absolute Gasteiger partial charge is 0.0668 e. The number of aromatic amines is 1. The van der Waals surface area contributed by atoms with Crippen molar-refractivity contribution in [2.45, 2.75) is 12.5 Å². The van der Waals surface area contributed by atoms with E-state index in [-0.39, 0.29) is 0 Å². The van der Waals surface area contributed by atoms with E-state index < -0.39 is 0 Å². The normalized spacial score (nSPS) is 19.4. The van der Waals surface area contributed by atoms with Crippen molar-refractivity contribution in [2.75, 3.05) is 18.5 Å². The van der Waals surface area contributed by atoms with Crippen molar-refractivity contribution in [3.05, 3.63) is 36.5 Å². The zero-order chi connectivity index (χ0) is 11.5. The predicted octanol–water partition coefficient (Wildman–Crippen LogP) is 2.28. The first-order valence-corrected chi connectivity index (χ1v) is 5.86. The molecule has 0 radical (unpaired) electrons. The maximum atomic E-state index is 5.34. The lowest BCUT2D eigenvalue weighted by atomic mass is 10.1. The quantitative estimate of drug-likeness (QED) is 0.849. The molecule has 2 aromatic rings. The SMILES string of the molecule is c1cc(-c2ccc(NC3CCOC3)cc2)[nH]n1. The van der Waals surface area contributed by atoms with Crippen LogP contribution in [-0.2, 0) is 4.74 Å². The summed E-state index contributed by atoms with van der Waals surface area (Å²) in [5.74, 6) is 0. The standard InChI is InChI=1S/C13H15N3O/c1-3-11(15-12-6-8-17-9-12)4-2-10(1)13-5-7-14-16-13/h1-5,7,12,15H,6,8-9H2,(H,14,16). The third-order valence-electron chi connectivity index (χ3n) is 3.00. The number of rotatable bonds is 3. The van der Waals surface area contributed by atoms with Crippen LogP contribution < -0.4 is 5.32 Å². The van der Waals surface area contributed by atoms with Gasteiger partial charge in [-0.05, 0) is 30.2 Å². The predicted molar refractivity (Wildman–Crippen MR) is 66.9 cm³/mol. The molecule has 1 atom stereocenters. The molecular formula is C13H15N3O. The number of hydrogen-bond donors (Lipinski definition) is 2. The molecule has 1 unspecified atom stereocenters. The molecule has 0 bridgehead atoms. The van der Waals surface area contributed by atoms with E-state index in [9.17, 15) is 0 Å². The lowest BCUT2D eigenvalue weighted by Gasteiger charge is -2.12. The largest absolute Gasteiger partial charge is 0.380 e. The Labute approximate surface area is 100 Å². The number of anilines is 1. The monoisotopic (exact) mass is 229 g/mol. The van der Waals surface area contributed by atoms with Gasteiger partial charge in [-0.2, -0.15) is 5.10 Å². The minimum absolute atomic E-state index is 0.452. The Balaban J connectivity index is 1.71. The highest BCUT2D eigenvalue weighted by Gasteiger charge is 2.14. The molecule has 0 amide bonds. The Morgan fingerprint density at radius 3 is 2.76 bits per heavy atom. The molecule has 0 aliphatic carbocycles. The van der Waals surface area contributed by atoms with E-state index in [0.717, 1.165) is 36.6 Å². The highest BCUT2D eigenvalue weighted by atomic mass is 16.5. The van der Waals surface area contributed by atoms with E-state index in [1.807, 2.05) is 6.07 Å². The highest BCUT2D eigenvalue weighted by Crippen LogP contribution is 2.20. The summed E-state index contributed by atoms with van der Waals surface area (Å²) in [6.07, 6.45) is 2.85. The molecule has 1 aliphatic rings. The van der Waals surface area contributed by atoms with Crippen LogP contribution in [0.25, 0.3) is 11.3 Å². The summed E-state index contributed by atoms with van der Waals surface area (Å²) in [6.45, 7) is 1.67. The second kappa shape index (κ2) is 4.59. The minimum atomic E-state index is 0.452. The van der Waals surface area contributed by atoms with Crippen molar-refractivity contribution in [2.24, 2.45) is 0 Å². The van der Waals surface area contributed by atoms with Gasteiger partial charge in [0.15, 0.2) is 0 Å². The van der Waals surface area contributed by atoms with E-state index in [1.165, 1.54) is 0 Å². The van der Waals surface area contributed by atoms with Crippen LogP contribution in [0, 0.1) is 0 Å². The fourth-order valence-electron chi connectivity index (χ4n) is 2.05. The van der Waals surface area contributed by atoms with E-state index >= 15 is 0 Å². The number of ether oxygens (including phenoxy) is 1. The maximum absolute atomic E-state index is 5.34. The molecule has 1 aliphatic heterocycles. The summed E-state index contributed by atoms with van der Waals surface area (Å²) in [6, 6.07) is 10.8. The molecule has 1 saturated heterocycles. The molecule has 0 spiro atoms. The van der Waals surface area contributed by atoms with Crippen LogP contribution >= 0.6 is 0 Å². The summed E-state index contributed by atoms with van der Waals surface area (Å²) >= 11 is 0. The van der Waals surface area contributed by atoms with E-state index in [4.69, 9.17) is 4.74 Å². The van der Waals surface area contributed by atoms with Crippen LogP contribution in [0.1, 0.15) is 6.42 Å². The third-order valence-corrected chi connectivity index (χ3v) is 3.00. The van der Waals surface area contributed by atoms with Gasteiger partial charge < -0.3 is 10.1 Å². The molecule has 17 heavy (non-hydrogen) atoms. The fraction of sp³-hybridized carbons (Fsp3) is 0.308. The van der Waals surface area contributed by atoms with Crippen LogP contribution in [0.3, 0.4) is 0 Å². The molecule has 88 valence electrons. The van der Waals surface area contributed by atoms with Gasteiger partial charge in [-0.1, -0.05) is 12.1 Å². The van der Waals surface area contributed by atoms with Gasteiger partial charge in [0.2, 0.25) is 0 Å². The Morgan fingerprint density at radius 2 is 2.12 bits per heavy atom. The summed E-state index contributed by atoms with van der Waals surface area (Å²) in [5, 5.41) is 10.4.